The number of aromatic nitrogens is 2. The number of carbonyl (C=O) groups is 1. The highest BCUT2D eigenvalue weighted by molar-refractivity contribution is 7.98. The molecule has 7 heteroatoms. The van der Waals surface area contributed by atoms with Crippen molar-refractivity contribution >= 4 is 17.7 Å². The first-order chi connectivity index (χ1) is 11.6. The largest absolute Gasteiger partial charge is 0.466 e. The molecule has 0 amide bonds. The van der Waals surface area contributed by atoms with Gasteiger partial charge in [0.15, 0.2) is 5.16 Å². The van der Waals surface area contributed by atoms with E-state index in [0.29, 0.717) is 26.2 Å². The number of nitrogens with zero attached hydrogens (tertiary/aromatic N) is 3. The zero-order chi connectivity index (χ0) is 17.4. The highest BCUT2D eigenvalue weighted by atomic mass is 32.2. The van der Waals surface area contributed by atoms with Crippen molar-refractivity contribution < 1.29 is 14.3 Å². The van der Waals surface area contributed by atoms with E-state index >= 15 is 0 Å². The molecule has 0 spiro atoms. The number of hydrogen-bond donors (Lipinski definition) is 0. The van der Waals surface area contributed by atoms with E-state index in [0.717, 1.165) is 36.7 Å². The molecule has 1 aliphatic rings. The third kappa shape index (κ3) is 4.91. The van der Waals surface area contributed by atoms with Gasteiger partial charge in [-0.15, -0.1) is 0 Å². The minimum absolute atomic E-state index is 0.0965. The van der Waals surface area contributed by atoms with Crippen molar-refractivity contribution in [1.82, 2.24) is 14.9 Å². The molecule has 2 heterocycles. The van der Waals surface area contributed by atoms with Crippen LogP contribution in [-0.4, -0.2) is 60.5 Å². The Bertz CT molecular complexity index is 526. The summed E-state index contributed by atoms with van der Waals surface area (Å²) in [5.41, 5.74) is 0.601. The SMILES string of the molecule is CCOC(=O)[C@]1(CCOC)CCCN(Cc2cnc(SC)nc2)C1. The molecule has 134 valence electrons. The molecular weight excluding hydrogens is 326 g/mol. The van der Waals surface area contributed by atoms with Crippen molar-refractivity contribution in [3.8, 4) is 0 Å². The number of hydrogen-bond acceptors (Lipinski definition) is 7. The summed E-state index contributed by atoms with van der Waals surface area (Å²) in [4.78, 5) is 23.5. The van der Waals surface area contributed by atoms with Gasteiger partial charge < -0.3 is 9.47 Å². The van der Waals surface area contributed by atoms with Crippen LogP contribution in [-0.2, 0) is 20.8 Å². The number of esters is 1. The summed E-state index contributed by atoms with van der Waals surface area (Å²) in [5, 5.41) is 0.776. The van der Waals surface area contributed by atoms with Gasteiger partial charge in [0.2, 0.25) is 0 Å². The minimum Gasteiger partial charge on any atom is -0.466 e. The maximum absolute atomic E-state index is 12.6. The average Bonchev–Trinajstić information content (AvgIpc) is 2.61. The maximum Gasteiger partial charge on any atom is 0.313 e. The Morgan fingerprint density at radius 3 is 2.79 bits per heavy atom. The smallest absolute Gasteiger partial charge is 0.313 e. The molecule has 0 unspecified atom stereocenters. The molecule has 2 rings (SSSR count). The van der Waals surface area contributed by atoms with Gasteiger partial charge in [-0.3, -0.25) is 9.69 Å². The van der Waals surface area contributed by atoms with Gasteiger partial charge in [-0.1, -0.05) is 11.8 Å². The van der Waals surface area contributed by atoms with Crippen LogP contribution in [0.1, 0.15) is 31.7 Å². The van der Waals surface area contributed by atoms with Crippen LogP contribution in [0.15, 0.2) is 17.6 Å². The quantitative estimate of drug-likeness (QED) is 0.404. The van der Waals surface area contributed by atoms with Crippen LogP contribution in [0.2, 0.25) is 0 Å². The number of thioether (sulfide) groups is 1. The van der Waals surface area contributed by atoms with Gasteiger partial charge in [0, 0.05) is 44.8 Å². The predicted molar refractivity (Wildman–Crippen MR) is 93.9 cm³/mol. The van der Waals surface area contributed by atoms with E-state index < -0.39 is 5.41 Å². The lowest BCUT2D eigenvalue weighted by Crippen LogP contribution is -2.48. The minimum atomic E-state index is -0.468. The van der Waals surface area contributed by atoms with Crippen LogP contribution in [0.25, 0.3) is 0 Å². The van der Waals surface area contributed by atoms with Crippen LogP contribution in [0.3, 0.4) is 0 Å². The van der Waals surface area contributed by atoms with Crippen LogP contribution in [0.4, 0.5) is 0 Å². The molecule has 0 bridgehead atoms. The molecular formula is C17H27N3O3S. The Morgan fingerprint density at radius 1 is 1.42 bits per heavy atom. The van der Waals surface area contributed by atoms with Crippen LogP contribution >= 0.6 is 11.8 Å². The normalized spacial score (nSPS) is 21.6. The number of methoxy groups -OCH3 is 1. The monoisotopic (exact) mass is 353 g/mol. The molecule has 1 aliphatic heterocycles. The van der Waals surface area contributed by atoms with E-state index in [2.05, 4.69) is 14.9 Å². The molecule has 6 nitrogen and oxygen atoms in total. The zero-order valence-corrected chi connectivity index (χ0v) is 15.6. The Hall–Kier alpha value is -1.18. The van der Waals surface area contributed by atoms with E-state index in [9.17, 15) is 4.79 Å². The average molecular weight is 353 g/mol. The molecule has 1 aromatic rings. The third-order valence-corrected chi connectivity index (χ3v) is 5.00. The van der Waals surface area contributed by atoms with Crippen molar-refractivity contribution in [3.05, 3.63) is 18.0 Å². The van der Waals surface area contributed by atoms with E-state index in [1.807, 2.05) is 25.6 Å². The Morgan fingerprint density at radius 2 is 2.17 bits per heavy atom. The summed E-state index contributed by atoms with van der Waals surface area (Å²) in [6.45, 7) is 5.25. The Kier molecular flexibility index (Phi) is 7.45. The first-order valence-corrected chi connectivity index (χ1v) is 9.59. The van der Waals surface area contributed by atoms with Crippen LogP contribution in [0, 0.1) is 5.41 Å². The van der Waals surface area contributed by atoms with Gasteiger partial charge >= 0.3 is 5.97 Å². The van der Waals surface area contributed by atoms with Crippen molar-refractivity contribution in [2.45, 2.75) is 37.9 Å². The van der Waals surface area contributed by atoms with Crippen LogP contribution in [0.5, 0.6) is 0 Å². The molecule has 1 atom stereocenters. The summed E-state index contributed by atoms with van der Waals surface area (Å²) in [6, 6.07) is 0. The molecule has 1 aromatic heterocycles. The lowest BCUT2D eigenvalue weighted by molar-refractivity contribution is -0.160. The summed E-state index contributed by atoms with van der Waals surface area (Å²) in [6.07, 6.45) is 8.23. The van der Waals surface area contributed by atoms with Crippen molar-refractivity contribution in [2.75, 3.05) is 39.7 Å². The van der Waals surface area contributed by atoms with Gasteiger partial charge in [0.1, 0.15) is 0 Å². The number of likely N-dealkylation sites (tertiary alicyclic amines) is 1. The molecule has 1 fully saturated rings. The summed E-state index contributed by atoms with van der Waals surface area (Å²) in [7, 11) is 1.67. The van der Waals surface area contributed by atoms with Crippen molar-refractivity contribution in [3.63, 3.8) is 0 Å². The van der Waals surface area contributed by atoms with Gasteiger partial charge in [-0.25, -0.2) is 9.97 Å². The highest BCUT2D eigenvalue weighted by Crippen LogP contribution is 2.35. The number of rotatable bonds is 8. The number of piperidine rings is 1. The molecule has 24 heavy (non-hydrogen) atoms. The molecule has 0 radical (unpaired) electrons. The molecule has 0 aliphatic carbocycles. The summed E-state index contributed by atoms with van der Waals surface area (Å²) >= 11 is 1.53. The maximum atomic E-state index is 12.6. The lowest BCUT2D eigenvalue weighted by Gasteiger charge is -2.40. The fourth-order valence-electron chi connectivity index (χ4n) is 3.20. The Labute approximate surface area is 148 Å². The highest BCUT2D eigenvalue weighted by Gasteiger charge is 2.43. The topological polar surface area (TPSA) is 64.6 Å². The number of ether oxygens (including phenoxy) is 2. The van der Waals surface area contributed by atoms with E-state index in [1.165, 1.54) is 11.8 Å². The summed E-state index contributed by atoms with van der Waals surface area (Å²) in [5.74, 6) is -0.0965. The fraction of sp³-hybridized carbons (Fsp3) is 0.706. The second-order valence-electron chi connectivity index (χ2n) is 6.14. The first-order valence-electron chi connectivity index (χ1n) is 8.37. The van der Waals surface area contributed by atoms with Gasteiger partial charge in [-0.05, 0) is 39.0 Å². The second kappa shape index (κ2) is 9.34. The molecule has 0 N–H and O–H groups in total. The standard InChI is InChI=1S/C17H27N3O3S/c1-4-23-15(21)17(7-9-22-2)6-5-8-20(13-17)12-14-10-18-16(24-3)19-11-14/h10-11H,4-9,12-13H2,1-3H3/t17-/m0/s1. The van der Waals surface area contributed by atoms with E-state index in [1.54, 1.807) is 7.11 Å². The third-order valence-electron chi connectivity index (χ3n) is 4.42. The van der Waals surface area contributed by atoms with Crippen molar-refractivity contribution in [2.24, 2.45) is 5.41 Å². The van der Waals surface area contributed by atoms with Gasteiger partial charge in [0.05, 0.1) is 12.0 Å². The van der Waals surface area contributed by atoms with E-state index in [4.69, 9.17) is 9.47 Å². The first kappa shape index (κ1) is 19.1. The predicted octanol–water partition coefficient (Wildman–Crippen LogP) is 2.38. The Balaban J connectivity index is 2.06. The summed E-state index contributed by atoms with van der Waals surface area (Å²) < 4.78 is 10.6. The molecule has 0 aromatic carbocycles. The molecule has 1 saturated heterocycles. The number of carbonyl (C=O) groups excluding carboxylic acids is 1. The fourth-order valence-corrected chi connectivity index (χ4v) is 3.52. The molecule has 0 saturated carbocycles. The zero-order valence-electron chi connectivity index (χ0n) is 14.8. The van der Waals surface area contributed by atoms with Crippen molar-refractivity contribution in [1.29, 1.82) is 0 Å². The van der Waals surface area contributed by atoms with E-state index in [-0.39, 0.29) is 5.97 Å². The lowest BCUT2D eigenvalue weighted by atomic mass is 9.77. The van der Waals surface area contributed by atoms with Crippen LogP contribution < -0.4 is 0 Å². The van der Waals surface area contributed by atoms with Gasteiger partial charge in [0.25, 0.3) is 0 Å². The van der Waals surface area contributed by atoms with Gasteiger partial charge in [-0.2, -0.15) is 0 Å². The second-order valence-corrected chi connectivity index (χ2v) is 6.91.